The number of esters is 5. The Balaban J connectivity index is 1.33. The number of aliphatic hydroxyl groups excluding tert-OH is 1. The van der Waals surface area contributed by atoms with Crippen LogP contribution in [0.1, 0.15) is 106 Å². The lowest BCUT2D eigenvalue weighted by atomic mass is 9.43. The second kappa shape index (κ2) is 15.7. The molecule has 1 saturated heterocycles. The number of carbonyl (C=O) groups is 5. The molecule has 0 amide bonds. The third-order valence-corrected chi connectivity index (χ3v) is 13.6. The number of fused-ring (bicyclic) bond motifs is 5. The molecule has 4 saturated carbocycles. The van der Waals surface area contributed by atoms with E-state index in [1.165, 1.54) is 14.0 Å². The monoisotopic (exact) mass is 722 g/mol. The molecule has 51 heavy (non-hydrogen) atoms. The Labute approximate surface area is 301 Å². The summed E-state index contributed by atoms with van der Waals surface area (Å²) in [5, 5.41) is 11.9. The van der Waals surface area contributed by atoms with Crippen molar-refractivity contribution < 1.29 is 62.2 Å². The molecule has 1 N–H and O–H groups in total. The summed E-state index contributed by atoms with van der Waals surface area (Å²) in [6.45, 7) is 10.5. The third kappa shape index (κ3) is 7.81. The molecule has 4 aliphatic carbocycles. The summed E-state index contributed by atoms with van der Waals surface area (Å²) in [5.74, 6) is -0.991. The van der Waals surface area contributed by atoms with E-state index in [2.05, 4.69) is 20.8 Å². The van der Waals surface area contributed by atoms with Gasteiger partial charge in [-0.1, -0.05) is 20.8 Å². The van der Waals surface area contributed by atoms with Crippen LogP contribution in [0.25, 0.3) is 0 Å². The first-order valence-electron chi connectivity index (χ1n) is 18.7. The van der Waals surface area contributed by atoms with Crippen LogP contribution in [-0.4, -0.2) is 92.1 Å². The van der Waals surface area contributed by atoms with Crippen molar-refractivity contribution in [2.75, 3.05) is 14.2 Å². The summed E-state index contributed by atoms with van der Waals surface area (Å²) in [6.07, 6.45) is 0.371. The Morgan fingerprint density at radius 3 is 2.00 bits per heavy atom. The Kier molecular flexibility index (Phi) is 12.1. The summed E-state index contributed by atoms with van der Waals surface area (Å²) in [4.78, 5) is 61.4. The van der Waals surface area contributed by atoms with Crippen molar-refractivity contribution in [3.8, 4) is 0 Å². The molecule has 0 bridgehead atoms. The molecule has 13 heteroatoms. The summed E-state index contributed by atoms with van der Waals surface area (Å²) < 4.78 is 38.9. The molecule has 13 nitrogen and oxygen atoms in total. The van der Waals surface area contributed by atoms with E-state index in [9.17, 15) is 29.1 Å². The van der Waals surface area contributed by atoms with Crippen LogP contribution < -0.4 is 0 Å². The van der Waals surface area contributed by atoms with Gasteiger partial charge in [0.2, 0.25) is 0 Å². The maximum Gasteiger partial charge on any atom is 0.339 e. The number of rotatable bonds is 10. The Morgan fingerprint density at radius 1 is 0.765 bits per heavy atom. The van der Waals surface area contributed by atoms with Crippen LogP contribution >= 0.6 is 0 Å². The van der Waals surface area contributed by atoms with Gasteiger partial charge in [-0.3, -0.25) is 19.2 Å². The fourth-order valence-electron chi connectivity index (χ4n) is 11.4. The number of aliphatic hydroxyl groups is 1. The van der Waals surface area contributed by atoms with Crippen LogP contribution in [-0.2, 0) is 57.1 Å². The first-order valence-corrected chi connectivity index (χ1v) is 18.7. The summed E-state index contributed by atoms with van der Waals surface area (Å²) in [7, 11) is 2.59. The van der Waals surface area contributed by atoms with E-state index in [1.807, 2.05) is 0 Å². The molecule has 288 valence electrons. The lowest BCUT2D eigenvalue weighted by molar-refractivity contribution is -0.316. The van der Waals surface area contributed by atoms with Crippen molar-refractivity contribution >= 4 is 29.8 Å². The topological polar surface area (TPSA) is 170 Å². The van der Waals surface area contributed by atoms with Gasteiger partial charge in [-0.05, 0) is 104 Å². The van der Waals surface area contributed by atoms with Crippen LogP contribution in [0.15, 0.2) is 0 Å². The number of hydrogen-bond donors (Lipinski definition) is 1. The number of methoxy groups -OCH3 is 2. The summed E-state index contributed by atoms with van der Waals surface area (Å²) in [5.41, 5.74) is 0.0542. The maximum atomic E-state index is 12.9. The Hall–Kier alpha value is -2.77. The van der Waals surface area contributed by atoms with Gasteiger partial charge < -0.3 is 38.3 Å². The molecule has 5 rings (SSSR count). The quantitative estimate of drug-likeness (QED) is 0.193. The van der Waals surface area contributed by atoms with Gasteiger partial charge in [-0.2, -0.15) is 0 Å². The van der Waals surface area contributed by atoms with Crippen molar-refractivity contribution in [1.82, 2.24) is 0 Å². The molecular weight excluding hydrogens is 664 g/mol. The second-order valence-electron chi connectivity index (χ2n) is 16.3. The lowest BCUT2D eigenvalue weighted by Gasteiger charge is -2.62. The minimum atomic E-state index is -1.52. The highest BCUT2D eigenvalue weighted by Crippen LogP contribution is 2.68. The molecule has 15 atom stereocenters. The predicted octanol–water partition coefficient (Wildman–Crippen LogP) is 4.28. The number of hydrogen-bond acceptors (Lipinski definition) is 13. The van der Waals surface area contributed by atoms with Crippen molar-refractivity contribution in [2.45, 2.75) is 149 Å². The highest BCUT2D eigenvalue weighted by Gasteiger charge is 2.63. The maximum absolute atomic E-state index is 12.9. The Morgan fingerprint density at radius 2 is 1.37 bits per heavy atom. The minimum absolute atomic E-state index is 0.0525. The van der Waals surface area contributed by atoms with Gasteiger partial charge in [0.05, 0.1) is 26.4 Å². The van der Waals surface area contributed by atoms with Crippen LogP contribution in [0, 0.1) is 46.3 Å². The highest BCUT2D eigenvalue weighted by atomic mass is 16.7. The minimum Gasteiger partial charge on any atom is -0.469 e. The van der Waals surface area contributed by atoms with Gasteiger partial charge in [-0.15, -0.1) is 0 Å². The van der Waals surface area contributed by atoms with Crippen molar-refractivity contribution in [2.24, 2.45) is 46.3 Å². The molecule has 5 fully saturated rings. The molecule has 5 aliphatic rings. The molecule has 0 aromatic carbocycles. The lowest BCUT2D eigenvalue weighted by Crippen LogP contribution is -2.64. The molecule has 1 heterocycles. The van der Waals surface area contributed by atoms with E-state index in [-0.39, 0.29) is 22.7 Å². The molecule has 0 spiro atoms. The smallest absolute Gasteiger partial charge is 0.339 e. The van der Waals surface area contributed by atoms with Gasteiger partial charge in [-0.25, -0.2) is 4.79 Å². The fraction of sp³-hybridized carbons (Fsp3) is 0.868. The predicted molar refractivity (Wildman–Crippen MR) is 179 cm³/mol. The number of carbonyl (C=O) groups excluding carboxylic acids is 5. The normalized spacial score (nSPS) is 42.2. The summed E-state index contributed by atoms with van der Waals surface area (Å²) in [6, 6.07) is 0. The van der Waals surface area contributed by atoms with Crippen LogP contribution in [0.2, 0.25) is 0 Å². The van der Waals surface area contributed by atoms with E-state index in [4.69, 9.17) is 33.2 Å². The SMILES string of the molecule is COC(=O)CC[C@@H](C)[C@H]1CC[C@H]2[C@@H]3C[C@@H](O)[C@@H]4C[C@H](O[C@@H]5O[C@H](C(=O)OC)[C@@H](OC(C)=O)[C@H](OC(C)=O)[C@H]5OC(C)=O)CC[C@]4(C)[C@H]3CC[C@]12C. The van der Waals surface area contributed by atoms with Crippen molar-refractivity contribution in [1.29, 1.82) is 0 Å². The first kappa shape index (κ1) is 39.4. The van der Waals surface area contributed by atoms with Gasteiger partial charge in [0.1, 0.15) is 0 Å². The number of ether oxygens (including phenoxy) is 7. The standard InChI is InChI=1S/C38H58O13/c1-19(9-12-30(43)45-7)25-10-11-26-24-18-29(42)28-17-23(13-15-38(28,6)27(24)14-16-37(25,26)5)50-36-34(49-22(4)41)32(48-21(3)40)31(47-20(2)39)33(51-36)35(44)46-8/h19,23-29,31-34,36,42H,9-18H2,1-8H3/t19-,23-,24+,25-,26+,27+,28+,29-,31+,32+,33+,34-,36-,37-,38-/m1/s1. The summed E-state index contributed by atoms with van der Waals surface area (Å²) >= 11 is 0. The van der Waals surface area contributed by atoms with E-state index in [1.54, 1.807) is 0 Å². The van der Waals surface area contributed by atoms with Crippen LogP contribution in [0.3, 0.4) is 0 Å². The van der Waals surface area contributed by atoms with Crippen molar-refractivity contribution in [3.05, 3.63) is 0 Å². The van der Waals surface area contributed by atoms with E-state index < -0.39 is 66.8 Å². The van der Waals surface area contributed by atoms with Gasteiger partial charge in [0.15, 0.2) is 30.7 Å². The van der Waals surface area contributed by atoms with E-state index in [0.29, 0.717) is 48.9 Å². The molecule has 1 aliphatic heterocycles. The molecule has 0 aromatic rings. The molecule has 0 radical (unpaired) electrons. The average molecular weight is 723 g/mol. The van der Waals surface area contributed by atoms with Gasteiger partial charge in [0.25, 0.3) is 0 Å². The first-order chi connectivity index (χ1) is 24.0. The van der Waals surface area contributed by atoms with Crippen LogP contribution in [0.5, 0.6) is 0 Å². The highest BCUT2D eigenvalue weighted by molar-refractivity contribution is 5.77. The van der Waals surface area contributed by atoms with Gasteiger partial charge in [0, 0.05) is 27.2 Å². The average Bonchev–Trinajstić information content (AvgIpc) is 3.43. The zero-order valence-corrected chi connectivity index (χ0v) is 31.4. The Bertz CT molecular complexity index is 1320. The van der Waals surface area contributed by atoms with Gasteiger partial charge >= 0.3 is 29.8 Å². The molecule has 0 unspecified atom stereocenters. The largest absolute Gasteiger partial charge is 0.469 e. The van der Waals surface area contributed by atoms with E-state index >= 15 is 0 Å². The second-order valence-corrected chi connectivity index (χ2v) is 16.3. The van der Waals surface area contributed by atoms with Crippen LogP contribution in [0.4, 0.5) is 0 Å². The molecule has 0 aromatic heterocycles. The molecular formula is C38H58O13. The van der Waals surface area contributed by atoms with Crippen molar-refractivity contribution in [3.63, 3.8) is 0 Å². The zero-order valence-electron chi connectivity index (χ0n) is 31.4. The zero-order chi connectivity index (χ0) is 37.4. The van der Waals surface area contributed by atoms with E-state index in [0.717, 1.165) is 65.9 Å². The third-order valence-electron chi connectivity index (χ3n) is 13.6. The fourth-order valence-corrected chi connectivity index (χ4v) is 11.4.